The Labute approximate surface area is 124 Å². The Balaban J connectivity index is 2.11. The predicted molar refractivity (Wildman–Crippen MR) is 86.8 cm³/mol. The van der Waals surface area contributed by atoms with Crippen molar-refractivity contribution in [3.05, 3.63) is 59.4 Å². The summed E-state index contributed by atoms with van der Waals surface area (Å²) in [5.74, 6) is -0.244. The van der Waals surface area contributed by atoms with Crippen molar-refractivity contribution in [2.24, 2.45) is 0 Å². The fraction of sp³-hybridized carbons (Fsp3) is 0.188. The minimum absolute atomic E-state index is 0.244. The molecule has 4 heteroatoms. The first-order chi connectivity index (χ1) is 9.61. The van der Waals surface area contributed by atoms with Crippen LogP contribution in [0.3, 0.4) is 0 Å². The van der Waals surface area contributed by atoms with Gasteiger partial charge in [-0.25, -0.2) is 4.39 Å². The van der Waals surface area contributed by atoms with Crippen LogP contribution in [-0.2, 0) is 6.42 Å². The normalized spacial score (nSPS) is 10.2. The molecule has 0 aliphatic carbocycles. The first-order valence-corrected chi connectivity index (χ1v) is 6.93. The third-order valence-corrected chi connectivity index (χ3v) is 3.37. The highest BCUT2D eigenvalue weighted by molar-refractivity contribution is 7.80. The number of anilines is 2. The highest BCUT2D eigenvalue weighted by Crippen LogP contribution is 2.19. The van der Waals surface area contributed by atoms with Crippen LogP contribution in [0.15, 0.2) is 42.5 Å². The van der Waals surface area contributed by atoms with Crippen LogP contribution in [0.1, 0.15) is 18.1 Å². The van der Waals surface area contributed by atoms with E-state index in [9.17, 15) is 4.39 Å². The Morgan fingerprint density at radius 2 is 1.70 bits per heavy atom. The summed E-state index contributed by atoms with van der Waals surface area (Å²) >= 11 is 5.28. The number of hydrogen-bond donors (Lipinski definition) is 2. The number of halogens is 1. The third-order valence-electron chi connectivity index (χ3n) is 3.16. The summed E-state index contributed by atoms with van der Waals surface area (Å²) in [5, 5.41) is 6.64. The van der Waals surface area contributed by atoms with Crippen LogP contribution in [-0.4, -0.2) is 5.11 Å². The van der Waals surface area contributed by atoms with Crippen LogP contribution in [0.25, 0.3) is 0 Å². The van der Waals surface area contributed by atoms with E-state index in [4.69, 9.17) is 12.2 Å². The summed E-state index contributed by atoms with van der Waals surface area (Å²) in [4.78, 5) is 0. The molecule has 20 heavy (non-hydrogen) atoms. The maximum Gasteiger partial charge on any atom is 0.175 e. The molecular weight excluding hydrogens is 271 g/mol. The maximum absolute atomic E-state index is 13.5. The second-order valence-electron chi connectivity index (χ2n) is 4.50. The highest BCUT2D eigenvalue weighted by Gasteiger charge is 2.06. The van der Waals surface area contributed by atoms with E-state index in [1.807, 2.05) is 18.2 Å². The van der Waals surface area contributed by atoms with Crippen LogP contribution in [0.5, 0.6) is 0 Å². The molecule has 0 atom stereocenters. The minimum Gasteiger partial charge on any atom is -0.332 e. The Morgan fingerprint density at radius 1 is 1.05 bits per heavy atom. The zero-order valence-corrected chi connectivity index (χ0v) is 12.4. The molecule has 0 aliphatic heterocycles. The summed E-state index contributed by atoms with van der Waals surface area (Å²) < 4.78 is 13.5. The van der Waals surface area contributed by atoms with Crippen molar-refractivity contribution in [1.29, 1.82) is 0 Å². The first-order valence-electron chi connectivity index (χ1n) is 6.53. The zero-order chi connectivity index (χ0) is 14.5. The Morgan fingerprint density at radius 3 is 2.45 bits per heavy atom. The maximum atomic E-state index is 13.5. The molecule has 2 nitrogen and oxygen atoms in total. The Bertz CT molecular complexity index is 626. The van der Waals surface area contributed by atoms with Crippen LogP contribution < -0.4 is 10.6 Å². The van der Waals surface area contributed by atoms with Gasteiger partial charge in [0.05, 0.1) is 0 Å². The molecule has 0 radical (unpaired) electrons. The average Bonchev–Trinajstić information content (AvgIpc) is 2.44. The van der Waals surface area contributed by atoms with Gasteiger partial charge < -0.3 is 10.6 Å². The van der Waals surface area contributed by atoms with Gasteiger partial charge in [-0.2, -0.15) is 0 Å². The fourth-order valence-corrected chi connectivity index (χ4v) is 2.19. The molecule has 0 aromatic heterocycles. The van der Waals surface area contributed by atoms with Gasteiger partial charge in [0, 0.05) is 16.9 Å². The van der Waals surface area contributed by atoms with Crippen molar-refractivity contribution in [3.8, 4) is 0 Å². The first kappa shape index (κ1) is 14.5. The van der Waals surface area contributed by atoms with Crippen molar-refractivity contribution in [3.63, 3.8) is 0 Å². The lowest BCUT2D eigenvalue weighted by Crippen LogP contribution is -2.20. The van der Waals surface area contributed by atoms with E-state index in [2.05, 4.69) is 23.6 Å². The zero-order valence-electron chi connectivity index (χ0n) is 11.5. The molecule has 0 bridgehead atoms. The van der Waals surface area contributed by atoms with Crippen molar-refractivity contribution < 1.29 is 4.39 Å². The molecular formula is C16H17FN2S. The second-order valence-corrected chi connectivity index (χ2v) is 4.91. The smallest absolute Gasteiger partial charge is 0.175 e. The number of hydrogen-bond acceptors (Lipinski definition) is 1. The van der Waals surface area contributed by atoms with Gasteiger partial charge in [-0.1, -0.05) is 31.2 Å². The van der Waals surface area contributed by atoms with E-state index in [0.29, 0.717) is 16.4 Å². The van der Waals surface area contributed by atoms with Crippen molar-refractivity contribution >= 4 is 28.7 Å². The quantitative estimate of drug-likeness (QED) is 0.813. The molecule has 0 heterocycles. The van der Waals surface area contributed by atoms with Gasteiger partial charge in [-0.15, -0.1) is 0 Å². The molecule has 0 saturated carbocycles. The van der Waals surface area contributed by atoms with Crippen LogP contribution in [0.4, 0.5) is 15.8 Å². The molecule has 0 aliphatic rings. The fourth-order valence-electron chi connectivity index (χ4n) is 1.97. The standard InChI is InChI=1S/C16H17FN2S/c1-3-12-7-4-5-9-15(12)19-16(20)18-14-10-6-8-13(17)11(14)2/h4-10H,3H2,1-2H3,(H2,18,19,20). The van der Waals surface area contributed by atoms with E-state index in [0.717, 1.165) is 12.1 Å². The summed E-state index contributed by atoms with van der Waals surface area (Å²) in [6.45, 7) is 3.81. The number of rotatable bonds is 3. The molecule has 2 aromatic rings. The van der Waals surface area contributed by atoms with Gasteiger partial charge in [-0.05, 0) is 49.3 Å². The van der Waals surface area contributed by atoms with E-state index >= 15 is 0 Å². The number of benzene rings is 2. The van der Waals surface area contributed by atoms with Crippen LogP contribution >= 0.6 is 12.2 Å². The van der Waals surface area contributed by atoms with Gasteiger partial charge in [0.2, 0.25) is 0 Å². The number of nitrogens with one attached hydrogen (secondary N) is 2. The van der Waals surface area contributed by atoms with Crippen LogP contribution in [0, 0.1) is 12.7 Å². The molecule has 104 valence electrons. The van der Waals surface area contributed by atoms with Gasteiger partial charge in [0.25, 0.3) is 0 Å². The van der Waals surface area contributed by atoms with Crippen LogP contribution in [0.2, 0.25) is 0 Å². The third kappa shape index (κ3) is 3.33. The summed E-state index contributed by atoms with van der Waals surface area (Å²) in [7, 11) is 0. The number of aryl methyl sites for hydroxylation is 1. The lowest BCUT2D eigenvalue weighted by atomic mass is 10.1. The molecule has 0 fully saturated rings. The molecule has 2 rings (SSSR count). The van der Waals surface area contributed by atoms with Gasteiger partial charge in [-0.3, -0.25) is 0 Å². The Kier molecular flexibility index (Phi) is 4.69. The predicted octanol–water partition coefficient (Wildman–Crippen LogP) is 4.51. The Hall–Kier alpha value is -1.94. The summed E-state index contributed by atoms with van der Waals surface area (Å²) in [5.41, 5.74) is 3.39. The molecule has 2 N–H and O–H groups in total. The van der Waals surface area contributed by atoms with E-state index < -0.39 is 0 Å². The SMILES string of the molecule is CCc1ccccc1NC(=S)Nc1cccc(F)c1C. The molecule has 0 saturated heterocycles. The lowest BCUT2D eigenvalue weighted by Gasteiger charge is -2.14. The molecule has 0 amide bonds. The lowest BCUT2D eigenvalue weighted by molar-refractivity contribution is 0.619. The van der Waals surface area contributed by atoms with Gasteiger partial charge in [0.1, 0.15) is 5.82 Å². The average molecular weight is 288 g/mol. The van der Waals surface area contributed by atoms with Crippen molar-refractivity contribution in [1.82, 2.24) is 0 Å². The van der Waals surface area contributed by atoms with E-state index in [1.165, 1.54) is 11.6 Å². The minimum atomic E-state index is -0.244. The summed E-state index contributed by atoms with van der Waals surface area (Å²) in [6.07, 6.45) is 0.921. The monoisotopic (exact) mass is 288 g/mol. The van der Waals surface area contributed by atoms with Crippen molar-refractivity contribution in [2.75, 3.05) is 10.6 Å². The van der Waals surface area contributed by atoms with Crippen molar-refractivity contribution in [2.45, 2.75) is 20.3 Å². The largest absolute Gasteiger partial charge is 0.332 e. The molecule has 0 unspecified atom stereocenters. The van der Waals surface area contributed by atoms with E-state index in [1.54, 1.807) is 19.1 Å². The summed E-state index contributed by atoms with van der Waals surface area (Å²) in [6, 6.07) is 12.9. The number of para-hydroxylation sites is 1. The van der Waals surface area contributed by atoms with E-state index in [-0.39, 0.29) is 5.82 Å². The highest BCUT2D eigenvalue weighted by atomic mass is 32.1. The van der Waals surface area contributed by atoms with Gasteiger partial charge >= 0.3 is 0 Å². The molecule has 0 spiro atoms. The van der Waals surface area contributed by atoms with Gasteiger partial charge in [0.15, 0.2) is 5.11 Å². The second kappa shape index (κ2) is 6.48. The number of thiocarbonyl (C=S) groups is 1. The molecule has 2 aromatic carbocycles. The topological polar surface area (TPSA) is 24.1 Å².